The van der Waals surface area contributed by atoms with Gasteiger partial charge in [0.15, 0.2) is 6.10 Å². The molecule has 1 fully saturated rings. The zero-order valence-electron chi connectivity index (χ0n) is 16.8. The van der Waals surface area contributed by atoms with Gasteiger partial charge in [-0.05, 0) is 50.7 Å². The first-order chi connectivity index (χ1) is 13.8. The van der Waals surface area contributed by atoms with Gasteiger partial charge in [-0.1, -0.05) is 17.7 Å². The molecule has 1 aromatic heterocycles. The number of carbonyl (C=O) groups excluding carboxylic acids is 2. The lowest BCUT2D eigenvalue weighted by atomic mass is 10.2. The molecule has 1 aliphatic rings. The topological polar surface area (TPSA) is 74.8 Å². The Morgan fingerprint density at radius 3 is 2.62 bits per heavy atom. The number of benzene rings is 1. The summed E-state index contributed by atoms with van der Waals surface area (Å²) in [5, 5.41) is 3.22. The van der Waals surface area contributed by atoms with Crippen LogP contribution in [-0.4, -0.2) is 65.9 Å². The van der Waals surface area contributed by atoms with Crippen molar-refractivity contribution in [1.82, 2.24) is 14.8 Å². The van der Waals surface area contributed by atoms with Crippen LogP contribution in [0.5, 0.6) is 5.75 Å². The van der Waals surface area contributed by atoms with Crippen LogP contribution in [0.4, 0.5) is 5.69 Å². The van der Waals surface area contributed by atoms with E-state index in [9.17, 15) is 9.59 Å². The predicted octanol–water partition coefficient (Wildman–Crippen LogP) is 2.84. The summed E-state index contributed by atoms with van der Waals surface area (Å²) in [5.41, 5.74) is 1.79. The Bertz CT molecular complexity index is 897. The van der Waals surface area contributed by atoms with Gasteiger partial charge in [0.25, 0.3) is 11.8 Å². The van der Waals surface area contributed by atoms with Crippen LogP contribution in [0.3, 0.4) is 0 Å². The number of rotatable bonds is 5. The summed E-state index contributed by atoms with van der Waals surface area (Å²) in [7, 11) is 2.03. The van der Waals surface area contributed by atoms with Gasteiger partial charge in [-0.3, -0.25) is 14.6 Å². The molecule has 1 atom stereocenters. The zero-order valence-corrected chi connectivity index (χ0v) is 17.6. The summed E-state index contributed by atoms with van der Waals surface area (Å²) in [6.45, 7) is 6.55. The standard InChI is InChI=1S/C21H25ClN4O3/c1-14-4-5-17(22)19(12-14)29-15(2)20(27)24-16-6-7-23-18(13-16)21(28)26-10-8-25(3)9-11-26/h4-7,12-13,15H,8-11H2,1-3H3,(H,23,24,27). The highest BCUT2D eigenvalue weighted by Crippen LogP contribution is 2.26. The molecule has 1 saturated heterocycles. The highest BCUT2D eigenvalue weighted by atomic mass is 35.5. The summed E-state index contributed by atoms with van der Waals surface area (Å²) >= 11 is 6.13. The average Bonchev–Trinajstić information content (AvgIpc) is 2.71. The van der Waals surface area contributed by atoms with Crippen LogP contribution in [-0.2, 0) is 4.79 Å². The number of piperazine rings is 1. The minimum absolute atomic E-state index is 0.134. The molecule has 1 aromatic carbocycles. The maximum atomic E-state index is 12.7. The number of amides is 2. The van der Waals surface area contributed by atoms with Crippen LogP contribution < -0.4 is 10.1 Å². The number of ether oxygens (including phenoxy) is 1. The second-order valence-corrected chi connectivity index (χ2v) is 7.62. The Morgan fingerprint density at radius 2 is 1.90 bits per heavy atom. The number of pyridine rings is 1. The second kappa shape index (κ2) is 9.24. The minimum Gasteiger partial charge on any atom is -0.479 e. The van der Waals surface area contributed by atoms with E-state index >= 15 is 0 Å². The van der Waals surface area contributed by atoms with Crippen LogP contribution >= 0.6 is 11.6 Å². The summed E-state index contributed by atoms with van der Waals surface area (Å²) in [5.74, 6) is -0.0215. The van der Waals surface area contributed by atoms with Crippen molar-refractivity contribution >= 4 is 29.1 Å². The average molecular weight is 417 g/mol. The number of halogens is 1. The quantitative estimate of drug-likeness (QED) is 0.811. The van der Waals surface area contributed by atoms with Gasteiger partial charge in [0.1, 0.15) is 11.4 Å². The van der Waals surface area contributed by atoms with Crippen molar-refractivity contribution in [3.05, 3.63) is 52.8 Å². The molecule has 8 heteroatoms. The Hall–Kier alpha value is -2.64. The first-order valence-electron chi connectivity index (χ1n) is 9.51. The normalized spacial score (nSPS) is 15.7. The highest BCUT2D eigenvalue weighted by molar-refractivity contribution is 6.32. The molecular weight excluding hydrogens is 392 g/mol. The summed E-state index contributed by atoms with van der Waals surface area (Å²) < 4.78 is 5.70. The van der Waals surface area contributed by atoms with Crippen molar-refractivity contribution in [2.24, 2.45) is 0 Å². The van der Waals surface area contributed by atoms with E-state index in [1.165, 1.54) is 6.20 Å². The fourth-order valence-corrected chi connectivity index (χ4v) is 3.15. The number of likely N-dealkylation sites (N-methyl/N-ethyl adjacent to an activating group) is 1. The van der Waals surface area contributed by atoms with Gasteiger partial charge in [-0.25, -0.2) is 0 Å². The van der Waals surface area contributed by atoms with Crippen molar-refractivity contribution in [1.29, 1.82) is 0 Å². The number of aromatic nitrogens is 1. The molecule has 0 saturated carbocycles. The molecule has 1 N–H and O–H groups in total. The Balaban J connectivity index is 1.64. The number of anilines is 1. The van der Waals surface area contributed by atoms with E-state index in [1.807, 2.05) is 20.0 Å². The van der Waals surface area contributed by atoms with E-state index in [0.29, 0.717) is 35.2 Å². The van der Waals surface area contributed by atoms with Gasteiger partial charge >= 0.3 is 0 Å². The Kier molecular flexibility index (Phi) is 6.71. The Labute approximate surface area is 175 Å². The van der Waals surface area contributed by atoms with Crippen LogP contribution in [0, 0.1) is 6.92 Å². The minimum atomic E-state index is -0.765. The molecule has 0 bridgehead atoms. The lowest BCUT2D eigenvalue weighted by molar-refractivity contribution is -0.122. The van der Waals surface area contributed by atoms with E-state index in [4.69, 9.17) is 16.3 Å². The molecule has 0 spiro atoms. The summed E-state index contributed by atoms with van der Waals surface area (Å²) in [6, 6.07) is 8.62. The number of hydrogen-bond donors (Lipinski definition) is 1. The van der Waals surface area contributed by atoms with E-state index in [0.717, 1.165) is 18.7 Å². The lowest BCUT2D eigenvalue weighted by Crippen LogP contribution is -2.47. The first kappa shape index (κ1) is 21.1. The molecular formula is C21H25ClN4O3. The predicted molar refractivity (Wildman–Crippen MR) is 113 cm³/mol. The fraction of sp³-hybridized carbons (Fsp3) is 0.381. The maximum absolute atomic E-state index is 12.7. The van der Waals surface area contributed by atoms with Crippen LogP contribution in [0.25, 0.3) is 0 Å². The highest BCUT2D eigenvalue weighted by Gasteiger charge is 2.22. The fourth-order valence-electron chi connectivity index (χ4n) is 2.99. The number of aryl methyl sites for hydroxylation is 1. The SMILES string of the molecule is Cc1ccc(Cl)c(OC(C)C(=O)Nc2ccnc(C(=O)N3CCN(C)CC3)c2)c1. The number of nitrogens with zero attached hydrogens (tertiary/aromatic N) is 3. The van der Waals surface area contributed by atoms with Crippen molar-refractivity contribution < 1.29 is 14.3 Å². The van der Waals surface area contributed by atoms with Crippen LogP contribution in [0.2, 0.25) is 5.02 Å². The number of nitrogens with one attached hydrogen (secondary N) is 1. The van der Waals surface area contributed by atoms with E-state index in [2.05, 4.69) is 15.2 Å². The van der Waals surface area contributed by atoms with Gasteiger partial charge in [0, 0.05) is 38.1 Å². The molecule has 2 aromatic rings. The molecule has 7 nitrogen and oxygen atoms in total. The van der Waals surface area contributed by atoms with Crippen molar-refractivity contribution in [2.75, 3.05) is 38.5 Å². The van der Waals surface area contributed by atoms with Crippen molar-refractivity contribution in [3.63, 3.8) is 0 Å². The zero-order chi connectivity index (χ0) is 21.0. The van der Waals surface area contributed by atoms with Gasteiger partial charge in [-0.2, -0.15) is 0 Å². The van der Waals surface area contributed by atoms with E-state index < -0.39 is 6.10 Å². The van der Waals surface area contributed by atoms with Crippen molar-refractivity contribution in [3.8, 4) is 5.75 Å². The second-order valence-electron chi connectivity index (χ2n) is 7.21. The molecule has 29 heavy (non-hydrogen) atoms. The van der Waals surface area contributed by atoms with Gasteiger partial charge in [0.2, 0.25) is 0 Å². The molecule has 154 valence electrons. The molecule has 0 radical (unpaired) electrons. The molecule has 3 rings (SSSR count). The molecule has 2 heterocycles. The largest absolute Gasteiger partial charge is 0.479 e. The monoisotopic (exact) mass is 416 g/mol. The third-order valence-electron chi connectivity index (χ3n) is 4.80. The molecule has 0 aliphatic carbocycles. The van der Waals surface area contributed by atoms with Gasteiger partial charge in [0.05, 0.1) is 5.02 Å². The maximum Gasteiger partial charge on any atom is 0.272 e. The van der Waals surface area contributed by atoms with Crippen LogP contribution in [0.1, 0.15) is 23.0 Å². The molecule has 1 aliphatic heterocycles. The number of hydrogen-bond acceptors (Lipinski definition) is 5. The lowest BCUT2D eigenvalue weighted by Gasteiger charge is -2.32. The van der Waals surface area contributed by atoms with E-state index in [1.54, 1.807) is 36.1 Å². The molecule has 2 amide bonds. The third-order valence-corrected chi connectivity index (χ3v) is 5.11. The van der Waals surface area contributed by atoms with Crippen molar-refractivity contribution in [2.45, 2.75) is 20.0 Å². The smallest absolute Gasteiger partial charge is 0.272 e. The molecule has 1 unspecified atom stereocenters. The first-order valence-corrected chi connectivity index (χ1v) is 9.89. The third kappa shape index (κ3) is 5.46. The summed E-state index contributed by atoms with van der Waals surface area (Å²) in [6.07, 6.45) is 0.751. The van der Waals surface area contributed by atoms with E-state index in [-0.39, 0.29) is 11.8 Å². The number of carbonyl (C=O) groups is 2. The van der Waals surface area contributed by atoms with Gasteiger partial charge in [-0.15, -0.1) is 0 Å². The van der Waals surface area contributed by atoms with Gasteiger partial charge < -0.3 is 19.9 Å². The summed E-state index contributed by atoms with van der Waals surface area (Å²) in [4.78, 5) is 33.3. The van der Waals surface area contributed by atoms with Crippen LogP contribution in [0.15, 0.2) is 36.5 Å². The Morgan fingerprint density at radius 1 is 1.17 bits per heavy atom.